The van der Waals surface area contributed by atoms with Crippen molar-refractivity contribution in [3.63, 3.8) is 0 Å². The molecule has 0 aliphatic heterocycles. The zero-order chi connectivity index (χ0) is 18.9. The summed E-state index contributed by atoms with van der Waals surface area (Å²) in [5.41, 5.74) is 2.35. The first-order valence-corrected chi connectivity index (χ1v) is 8.24. The molecule has 3 aromatic rings. The number of hydrogen-bond acceptors (Lipinski definition) is 6. The van der Waals surface area contributed by atoms with Crippen LogP contribution in [-0.4, -0.2) is 16.7 Å². The second-order valence-electron chi connectivity index (χ2n) is 5.61. The minimum absolute atomic E-state index is 0.00108. The molecule has 0 amide bonds. The Hall–Kier alpha value is -3.50. The Morgan fingerprint density at radius 2 is 1.85 bits per heavy atom. The first-order valence-electron chi connectivity index (χ1n) is 8.24. The molecule has 1 heterocycles. The zero-order valence-electron chi connectivity index (χ0n) is 14.4. The number of benzene rings is 2. The molecule has 0 radical (unpaired) electrons. The number of aromatic nitrogens is 2. The summed E-state index contributed by atoms with van der Waals surface area (Å²) in [6, 6.07) is 18.7. The van der Waals surface area contributed by atoms with Gasteiger partial charge >= 0.3 is 6.01 Å². The standard InChI is InChI=1S/C20H17FN4O2/c21-18-11-23-20(27-13-17-8-4-7-16(9-17)10-22)25-19(18)24-14-26-12-15-5-2-1-3-6-15/h1-9,11H,12-14H2,(H,23,24,25). The normalized spacial score (nSPS) is 10.2. The minimum Gasteiger partial charge on any atom is -0.459 e. The van der Waals surface area contributed by atoms with Gasteiger partial charge in [-0.05, 0) is 23.3 Å². The molecule has 1 aromatic heterocycles. The summed E-state index contributed by atoms with van der Waals surface area (Å²) in [6.45, 7) is 0.663. The molecule has 27 heavy (non-hydrogen) atoms. The van der Waals surface area contributed by atoms with E-state index in [1.165, 1.54) is 0 Å². The monoisotopic (exact) mass is 364 g/mol. The van der Waals surface area contributed by atoms with E-state index in [1.54, 1.807) is 18.2 Å². The molecule has 0 atom stereocenters. The van der Waals surface area contributed by atoms with Gasteiger partial charge < -0.3 is 14.8 Å². The van der Waals surface area contributed by atoms with Gasteiger partial charge in [-0.2, -0.15) is 10.2 Å². The van der Waals surface area contributed by atoms with Gasteiger partial charge in [0.25, 0.3) is 0 Å². The molecule has 136 valence electrons. The average Bonchev–Trinajstić information content (AvgIpc) is 2.72. The first-order chi connectivity index (χ1) is 13.2. The van der Waals surface area contributed by atoms with Crippen molar-refractivity contribution in [1.29, 1.82) is 5.26 Å². The molecule has 0 spiro atoms. The van der Waals surface area contributed by atoms with E-state index in [4.69, 9.17) is 14.7 Å². The lowest BCUT2D eigenvalue weighted by molar-refractivity contribution is 0.138. The second-order valence-corrected chi connectivity index (χ2v) is 5.61. The predicted octanol–water partition coefficient (Wildman–Crippen LogP) is 3.65. The van der Waals surface area contributed by atoms with Gasteiger partial charge in [0.15, 0.2) is 11.6 Å². The predicted molar refractivity (Wildman–Crippen MR) is 97.2 cm³/mol. The van der Waals surface area contributed by atoms with Crippen LogP contribution in [0.15, 0.2) is 60.8 Å². The fourth-order valence-electron chi connectivity index (χ4n) is 2.29. The van der Waals surface area contributed by atoms with Crippen LogP contribution in [0.1, 0.15) is 16.7 Å². The van der Waals surface area contributed by atoms with Crippen molar-refractivity contribution < 1.29 is 13.9 Å². The lowest BCUT2D eigenvalue weighted by Crippen LogP contribution is -2.10. The van der Waals surface area contributed by atoms with Crippen LogP contribution < -0.4 is 10.1 Å². The van der Waals surface area contributed by atoms with Crippen molar-refractivity contribution in [3.05, 3.63) is 83.3 Å². The van der Waals surface area contributed by atoms with Gasteiger partial charge in [-0.3, -0.25) is 0 Å². The number of rotatable bonds is 8. The van der Waals surface area contributed by atoms with Crippen molar-refractivity contribution in [2.75, 3.05) is 12.0 Å². The van der Waals surface area contributed by atoms with Crippen molar-refractivity contribution in [2.45, 2.75) is 13.2 Å². The molecule has 6 nitrogen and oxygen atoms in total. The number of nitrogens with one attached hydrogen (secondary N) is 1. The molecular weight excluding hydrogens is 347 g/mol. The number of halogens is 1. The SMILES string of the molecule is N#Cc1cccc(COc2ncc(F)c(NCOCc3ccccc3)n2)c1. The first kappa shape index (κ1) is 18.3. The van der Waals surface area contributed by atoms with E-state index >= 15 is 0 Å². The number of ether oxygens (including phenoxy) is 2. The average molecular weight is 364 g/mol. The Morgan fingerprint density at radius 1 is 1.04 bits per heavy atom. The van der Waals surface area contributed by atoms with Crippen molar-refractivity contribution in [1.82, 2.24) is 9.97 Å². The maximum Gasteiger partial charge on any atom is 0.318 e. The van der Waals surface area contributed by atoms with Crippen molar-refractivity contribution >= 4 is 5.82 Å². The lowest BCUT2D eigenvalue weighted by atomic mass is 10.1. The van der Waals surface area contributed by atoms with Crippen LogP contribution in [0.25, 0.3) is 0 Å². The minimum atomic E-state index is -0.600. The third-order valence-corrected chi connectivity index (χ3v) is 3.60. The van der Waals surface area contributed by atoms with Gasteiger partial charge in [0.2, 0.25) is 0 Å². The van der Waals surface area contributed by atoms with E-state index in [0.29, 0.717) is 12.2 Å². The van der Waals surface area contributed by atoms with Gasteiger partial charge in [0.1, 0.15) is 13.3 Å². The summed E-state index contributed by atoms with van der Waals surface area (Å²) >= 11 is 0. The molecular formula is C20H17FN4O2. The molecule has 1 N–H and O–H groups in total. The largest absolute Gasteiger partial charge is 0.459 e. The highest BCUT2D eigenvalue weighted by Gasteiger charge is 2.08. The molecule has 2 aromatic carbocycles. The third kappa shape index (κ3) is 5.49. The summed E-state index contributed by atoms with van der Waals surface area (Å²) < 4.78 is 24.8. The Kier molecular flexibility index (Phi) is 6.28. The Bertz CT molecular complexity index is 929. The van der Waals surface area contributed by atoms with Crippen LogP contribution in [0.4, 0.5) is 10.2 Å². The van der Waals surface area contributed by atoms with E-state index in [2.05, 4.69) is 21.4 Å². The van der Waals surface area contributed by atoms with Crippen molar-refractivity contribution in [2.24, 2.45) is 0 Å². The Morgan fingerprint density at radius 3 is 2.67 bits per heavy atom. The highest BCUT2D eigenvalue weighted by atomic mass is 19.1. The summed E-state index contributed by atoms with van der Waals surface area (Å²) in [7, 11) is 0. The quantitative estimate of drug-likeness (QED) is 0.485. The van der Waals surface area contributed by atoms with Crippen LogP contribution in [-0.2, 0) is 18.0 Å². The number of anilines is 1. The van der Waals surface area contributed by atoms with Gasteiger partial charge in [0, 0.05) is 0 Å². The van der Waals surface area contributed by atoms with Crippen molar-refractivity contribution in [3.8, 4) is 12.1 Å². The molecule has 0 aliphatic carbocycles. The molecule has 7 heteroatoms. The maximum atomic E-state index is 13.8. The van der Waals surface area contributed by atoms with Gasteiger partial charge in [0.05, 0.1) is 24.4 Å². The van der Waals surface area contributed by atoms with E-state index in [-0.39, 0.29) is 25.2 Å². The second kappa shape index (κ2) is 9.27. The fraction of sp³-hybridized carbons (Fsp3) is 0.150. The molecule has 0 fully saturated rings. The highest BCUT2D eigenvalue weighted by molar-refractivity contribution is 5.36. The number of nitriles is 1. The van der Waals surface area contributed by atoms with E-state index < -0.39 is 5.82 Å². The molecule has 3 rings (SSSR count). The van der Waals surface area contributed by atoms with Gasteiger partial charge in [-0.25, -0.2) is 9.37 Å². The van der Waals surface area contributed by atoms with Crippen LogP contribution in [0.5, 0.6) is 6.01 Å². The van der Waals surface area contributed by atoms with Crippen LogP contribution >= 0.6 is 0 Å². The molecule has 0 bridgehead atoms. The summed E-state index contributed by atoms with van der Waals surface area (Å²) in [5.74, 6) is -0.601. The molecule has 0 saturated carbocycles. The number of nitrogens with zero attached hydrogens (tertiary/aromatic N) is 3. The highest BCUT2D eigenvalue weighted by Crippen LogP contribution is 2.15. The van der Waals surface area contributed by atoms with E-state index in [0.717, 1.165) is 17.3 Å². The maximum absolute atomic E-state index is 13.8. The smallest absolute Gasteiger partial charge is 0.318 e. The molecule has 0 aliphatic rings. The summed E-state index contributed by atoms with van der Waals surface area (Å²) in [4.78, 5) is 7.83. The zero-order valence-corrected chi connectivity index (χ0v) is 14.4. The lowest BCUT2D eigenvalue weighted by Gasteiger charge is -2.10. The van der Waals surface area contributed by atoms with Crippen LogP contribution in [0, 0.1) is 17.1 Å². The van der Waals surface area contributed by atoms with Gasteiger partial charge in [-0.1, -0.05) is 42.5 Å². The van der Waals surface area contributed by atoms with E-state index in [9.17, 15) is 4.39 Å². The number of hydrogen-bond donors (Lipinski definition) is 1. The fourth-order valence-corrected chi connectivity index (χ4v) is 2.29. The van der Waals surface area contributed by atoms with E-state index in [1.807, 2.05) is 36.4 Å². The van der Waals surface area contributed by atoms with Crippen LogP contribution in [0.2, 0.25) is 0 Å². The molecule has 0 saturated heterocycles. The van der Waals surface area contributed by atoms with Gasteiger partial charge in [-0.15, -0.1) is 0 Å². The Labute approximate surface area is 156 Å². The summed E-state index contributed by atoms with van der Waals surface area (Å²) in [6.07, 6.45) is 1.04. The molecule has 0 unspecified atom stereocenters. The topological polar surface area (TPSA) is 80.1 Å². The third-order valence-electron chi connectivity index (χ3n) is 3.60. The Balaban J connectivity index is 1.53. The summed E-state index contributed by atoms with van der Waals surface area (Å²) in [5, 5.41) is 11.7. The van der Waals surface area contributed by atoms with Crippen LogP contribution in [0.3, 0.4) is 0 Å².